The van der Waals surface area contributed by atoms with Crippen LogP contribution in [0.25, 0.3) is 0 Å². The number of ether oxygens (including phenoxy) is 2. The van der Waals surface area contributed by atoms with Crippen LogP contribution in [-0.2, 0) is 9.47 Å². The molecule has 0 radical (unpaired) electrons. The quantitative estimate of drug-likeness (QED) is 0.487. The van der Waals surface area contributed by atoms with Crippen LogP contribution in [0.2, 0.25) is 0 Å². The molecule has 4 heteroatoms. The Hall–Kier alpha value is -0.480. The third-order valence-electron chi connectivity index (χ3n) is 1.21. The molecule has 1 fully saturated rings. The average Bonchev–Trinajstić information content (AvgIpc) is 1.90. The first-order valence-corrected chi connectivity index (χ1v) is 2.77. The highest BCUT2D eigenvalue weighted by Gasteiger charge is 2.29. The molecular formula is C5H9NO3. The van der Waals surface area contributed by atoms with E-state index in [0.717, 1.165) is 0 Å². The Labute approximate surface area is 53.1 Å². The topological polar surface area (TPSA) is 47.9 Å². The van der Waals surface area contributed by atoms with Gasteiger partial charge in [0.05, 0.1) is 13.2 Å². The Bertz CT molecular complexity index is 109. The van der Waals surface area contributed by atoms with Crippen molar-refractivity contribution in [3.63, 3.8) is 0 Å². The van der Waals surface area contributed by atoms with Gasteiger partial charge in [-0.05, 0) is 6.92 Å². The van der Waals surface area contributed by atoms with E-state index in [-0.39, 0.29) is 6.79 Å². The second-order valence-corrected chi connectivity index (χ2v) is 2.40. The SMILES string of the molecule is CC1(N=O)COCOC1. The summed E-state index contributed by atoms with van der Waals surface area (Å²) >= 11 is 0. The van der Waals surface area contributed by atoms with E-state index >= 15 is 0 Å². The fourth-order valence-corrected chi connectivity index (χ4v) is 0.676. The Morgan fingerprint density at radius 1 is 1.44 bits per heavy atom. The van der Waals surface area contributed by atoms with Crippen molar-refractivity contribution in [2.45, 2.75) is 12.5 Å². The smallest absolute Gasteiger partial charge is 0.146 e. The Balaban J connectivity index is 2.46. The summed E-state index contributed by atoms with van der Waals surface area (Å²) in [6, 6.07) is 0. The molecule has 9 heavy (non-hydrogen) atoms. The van der Waals surface area contributed by atoms with E-state index in [4.69, 9.17) is 9.47 Å². The monoisotopic (exact) mass is 131 g/mol. The van der Waals surface area contributed by atoms with Gasteiger partial charge in [-0.15, -0.1) is 0 Å². The van der Waals surface area contributed by atoms with Gasteiger partial charge in [-0.2, -0.15) is 4.91 Å². The van der Waals surface area contributed by atoms with E-state index in [2.05, 4.69) is 5.18 Å². The maximum Gasteiger partial charge on any atom is 0.146 e. The molecule has 0 bridgehead atoms. The highest BCUT2D eigenvalue weighted by atomic mass is 16.7. The summed E-state index contributed by atoms with van der Waals surface area (Å²) in [4.78, 5) is 10.1. The third kappa shape index (κ3) is 1.46. The van der Waals surface area contributed by atoms with E-state index in [1.807, 2.05) is 0 Å². The van der Waals surface area contributed by atoms with Crippen LogP contribution in [0, 0.1) is 4.91 Å². The van der Waals surface area contributed by atoms with Gasteiger partial charge < -0.3 is 9.47 Å². The molecule has 1 saturated heterocycles. The molecule has 0 N–H and O–H groups in total. The molecule has 0 unspecified atom stereocenters. The number of hydrogen-bond acceptors (Lipinski definition) is 4. The first kappa shape index (κ1) is 6.64. The molecule has 0 aromatic heterocycles. The predicted molar refractivity (Wildman–Crippen MR) is 31.0 cm³/mol. The van der Waals surface area contributed by atoms with Gasteiger partial charge in [0.25, 0.3) is 0 Å². The molecule has 1 rings (SSSR count). The summed E-state index contributed by atoms with van der Waals surface area (Å²) in [5.74, 6) is 0. The maximum absolute atomic E-state index is 10.1. The van der Waals surface area contributed by atoms with Gasteiger partial charge in [0, 0.05) is 0 Å². The normalized spacial score (nSPS) is 25.4. The van der Waals surface area contributed by atoms with Crippen LogP contribution in [0.5, 0.6) is 0 Å². The van der Waals surface area contributed by atoms with Crippen LogP contribution in [0.1, 0.15) is 6.92 Å². The van der Waals surface area contributed by atoms with Gasteiger partial charge >= 0.3 is 0 Å². The largest absolute Gasteiger partial charge is 0.353 e. The first-order valence-electron chi connectivity index (χ1n) is 2.77. The van der Waals surface area contributed by atoms with E-state index in [1.165, 1.54) is 0 Å². The van der Waals surface area contributed by atoms with Crippen LogP contribution in [0.15, 0.2) is 5.18 Å². The Morgan fingerprint density at radius 3 is 2.33 bits per heavy atom. The minimum Gasteiger partial charge on any atom is -0.353 e. The van der Waals surface area contributed by atoms with Gasteiger partial charge in [-0.25, -0.2) is 0 Å². The van der Waals surface area contributed by atoms with Gasteiger partial charge in [0.15, 0.2) is 0 Å². The van der Waals surface area contributed by atoms with E-state index in [0.29, 0.717) is 13.2 Å². The minimum absolute atomic E-state index is 0.283. The molecule has 1 aliphatic rings. The fourth-order valence-electron chi connectivity index (χ4n) is 0.676. The Kier molecular flexibility index (Phi) is 1.78. The molecular weight excluding hydrogens is 122 g/mol. The lowest BCUT2D eigenvalue weighted by Crippen LogP contribution is -2.38. The van der Waals surface area contributed by atoms with Gasteiger partial charge in [0.2, 0.25) is 0 Å². The molecule has 0 aliphatic carbocycles. The fraction of sp³-hybridized carbons (Fsp3) is 1.00. The van der Waals surface area contributed by atoms with Crippen molar-refractivity contribution >= 4 is 0 Å². The van der Waals surface area contributed by atoms with Crippen LogP contribution in [0.4, 0.5) is 0 Å². The van der Waals surface area contributed by atoms with Crippen molar-refractivity contribution < 1.29 is 9.47 Å². The third-order valence-corrected chi connectivity index (χ3v) is 1.21. The van der Waals surface area contributed by atoms with Crippen molar-refractivity contribution in [1.82, 2.24) is 0 Å². The molecule has 52 valence electrons. The van der Waals surface area contributed by atoms with Crippen LogP contribution in [0.3, 0.4) is 0 Å². The number of nitroso groups, excluding NO2 is 1. The summed E-state index contributed by atoms with van der Waals surface area (Å²) in [6.07, 6.45) is 0. The highest BCUT2D eigenvalue weighted by molar-refractivity contribution is 4.83. The molecule has 0 aromatic carbocycles. The van der Waals surface area contributed by atoms with Crippen molar-refractivity contribution in [2.24, 2.45) is 5.18 Å². The summed E-state index contributed by atoms with van der Waals surface area (Å²) in [6.45, 7) is 2.73. The van der Waals surface area contributed by atoms with E-state index < -0.39 is 5.54 Å². The summed E-state index contributed by atoms with van der Waals surface area (Å²) in [5, 5.41) is 2.88. The number of rotatable bonds is 1. The van der Waals surface area contributed by atoms with Crippen LogP contribution in [-0.4, -0.2) is 25.5 Å². The minimum atomic E-state index is -0.655. The average molecular weight is 131 g/mol. The zero-order valence-corrected chi connectivity index (χ0v) is 5.29. The molecule has 1 heterocycles. The second-order valence-electron chi connectivity index (χ2n) is 2.40. The summed E-state index contributed by atoms with van der Waals surface area (Å²) in [5.41, 5.74) is -0.655. The summed E-state index contributed by atoms with van der Waals surface area (Å²) < 4.78 is 9.72. The zero-order valence-electron chi connectivity index (χ0n) is 5.29. The lowest BCUT2D eigenvalue weighted by Gasteiger charge is -2.25. The van der Waals surface area contributed by atoms with Crippen LogP contribution >= 0.6 is 0 Å². The van der Waals surface area contributed by atoms with Gasteiger partial charge in [-0.3, -0.25) is 0 Å². The molecule has 1 aliphatic heterocycles. The number of hydrogen-bond donors (Lipinski definition) is 0. The predicted octanol–water partition coefficient (Wildman–Crippen LogP) is 0.516. The molecule has 0 saturated carbocycles. The number of nitrogens with zero attached hydrogens (tertiary/aromatic N) is 1. The van der Waals surface area contributed by atoms with Crippen molar-refractivity contribution in [3.8, 4) is 0 Å². The first-order chi connectivity index (χ1) is 4.27. The standard InChI is InChI=1S/C5H9NO3/c1-5(6-7)2-8-4-9-3-5/h2-4H2,1H3. The molecule has 0 amide bonds. The molecule has 0 aromatic rings. The van der Waals surface area contributed by atoms with Crippen LogP contribution < -0.4 is 0 Å². The maximum atomic E-state index is 10.1. The van der Waals surface area contributed by atoms with E-state index in [9.17, 15) is 4.91 Å². The van der Waals surface area contributed by atoms with Gasteiger partial charge in [-0.1, -0.05) is 5.18 Å². The lowest BCUT2D eigenvalue weighted by molar-refractivity contribution is -0.130. The second kappa shape index (κ2) is 2.41. The van der Waals surface area contributed by atoms with E-state index in [1.54, 1.807) is 6.92 Å². The molecule has 0 atom stereocenters. The molecule has 0 spiro atoms. The zero-order chi connectivity index (χ0) is 6.74. The highest BCUT2D eigenvalue weighted by Crippen LogP contribution is 2.14. The molecule has 4 nitrogen and oxygen atoms in total. The summed E-state index contributed by atoms with van der Waals surface area (Å²) in [7, 11) is 0. The van der Waals surface area contributed by atoms with Crippen molar-refractivity contribution in [3.05, 3.63) is 4.91 Å². The van der Waals surface area contributed by atoms with Crippen molar-refractivity contribution in [2.75, 3.05) is 20.0 Å². The lowest BCUT2D eigenvalue weighted by atomic mass is 10.1. The van der Waals surface area contributed by atoms with Gasteiger partial charge in [0.1, 0.15) is 12.3 Å². The van der Waals surface area contributed by atoms with Crippen molar-refractivity contribution in [1.29, 1.82) is 0 Å². The Morgan fingerprint density at radius 2 is 2.00 bits per heavy atom.